The fourth-order valence-corrected chi connectivity index (χ4v) is 3.95. The van der Waals surface area contributed by atoms with Gasteiger partial charge in [-0.15, -0.1) is 0 Å². The number of carbonyl (C=O) groups is 1. The van der Waals surface area contributed by atoms with Crippen molar-refractivity contribution in [3.8, 4) is 5.75 Å². The number of nitrogens with zero attached hydrogens (tertiary/aromatic N) is 1. The first-order chi connectivity index (χ1) is 10.9. The highest BCUT2D eigenvalue weighted by Gasteiger charge is 2.32. The van der Waals surface area contributed by atoms with E-state index in [1.165, 1.54) is 0 Å². The van der Waals surface area contributed by atoms with Crippen LogP contribution in [0.5, 0.6) is 5.75 Å². The number of amides is 2. The molecule has 0 spiro atoms. The first kappa shape index (κ1) is 17.8. The summed E-state index contributed by atoms with van der Waals surface area (Å²) in [4.78, 5) is 14.2. The van der Waals surface area contributed by atoms with Crippen molar-refractivity contribution >= 4 is 16.8 Å². The number of urea groups is 1. The average Bonchev–Trinajstić information content (AvgIpc) is 2.50. The highest BCUT2D eigenvalue weighted by molar-refractivity contribution is 7.85. The zero-order chi connectivity index (χ0) is 17.0. The van der Waals surface area contributed by atoms with E-state index in [9.17, 15) is 9.00 Å². The Labute approximate surface area is 140 Å². The molecule has 1 N–H and O–H groups in total. The Morgan fingerprint density at radius 3 is 2.87 bits per heavy atom. The van der Waals surface area contributed by atoms with Crippen molar-refractivity contribution in [1.29, 1.82) is 0 Å². The monoisotopic (exact) mass is 338 g/mol. The molecular weight excluding hydrogens is 312 g/mol. The van der Waals surface area contributed by atoms with Crippen molar-refractivity contribution in [2.45, 2.75) is 51.6 Å². The summed E-state index contributed by atoms with van der Waals surface area (Å²) < 4.78 is 17.5. The normalized spacial score (nSPS) is 24.6. The summed E-state index contributed by atoms with van der Waals surface area (Å²) >= 11 is 0. The molecule has 1 fully saturated rings. The summed E-state index contributed by atoms with van der Waals surface area (Å²) in [6.07, 6.45) is 0.122. The topological polar surface area (TPSA) is 58.6 Å². The van der Waals surface area contributed by atoms with Crippen molar-refractivity contribution in [2.24, 2.45) is 0 Å². The van der Waals surface area contributed by atoms with Crippen molar-refractivity contribution < 1.29 is 13.7 Å². The second-order valence-corrected chi connectivity index (χ2v) is 8.11. The van der Waals surface area contributed by atoms with Crippen LogP contribution in [0.3, 0.4) is 0 Å². The van der Waals surface area contributed by atoms with Gasteiger partial charge in [0.2, 0.25) is 0 Å². The van der Waals surface area contributed by atoms with Crippen molar-refractivity contribution in [3.63, 3.8) is 0 Å². The molecule has 0 saturated carbocycles. The van der Waals surface area contributed by atoms with E-state index in [1.54, 1.807) is 4.90 Å². The Balaban J connectivity index is 1.93. The predicted molar refractivity (Wildman–Crippen MR) is 93.1 cm³/mol. The van der Waals surface area contributed by atoms with Gasteiger partial charge in [0.15, 0.2) is 0 Å². The van der Waals surface area contributed by atoms with E-state index in [0.29, 0.717) is 18.8 Å². The van der Waals surface area contributed by atoms with Gasteiger partial charge in [-0.3, -0.25) is 4.21 Å². The third kappa shape index (κ3) is 4.70. The summed E-state index contributed by atoms with van der Waals surface area (Å²) in [6, 6.07) is 7.63. The first-order valence-corrected chi connectivity index (χ1v) is 9.44. The predicted octanol–water partition coefficient (Wildman–Crippen LogP) is 2.52. The van der Waals surface area contributed by atoms with Gasteiger partial charge < -0.3 is 15.0 Å². The van der Waals surface area contributed by atoms with Gasteiger partial charge in [-0.25, -0.2) is 4.79 Å². The van der Waals surface area contributed by atoms with Gasteiger partial charge in [0.1, 0.15) is 5.75 Å². The van der Waals surface area contributed by atoms with E-state index in [2.05, 4.69) is 5.32 Å². The van der Waals surface area contributed by atoms with Crippen LogP contribution in [-0.2, 0) is 17.3 Å². The molecule has 5 nitrogen and oxygen atoms in total. The van der Waals surface area contributed by atoms with Crippen molar-refractivity contribution in [3.05, 3.63) is 29.8 Å². The molecule has 23 heavy (non-hydrogen) atoms. The molecule has 1 saturated heterocycles. The van der Waals surface area contributed by atoms with E-state index < -0.39 is 10.8 Å². The molecule has 2 rings (SSSR count). The standard InChI is InChI=1S/C17H26N2O3S/c1-12(2)22-16-7-5-6-15(10-16)11-18-17(20)19-8-9-23(21)14(4)13(19)3/h5-7,10,12-14H,8-9,11H2,1-4H3,(H,18,20)/t13-,14+,23+/m1/s1. The maximum absolute atomic E-state index is 12.4. The Morgan fingerprint density at radius 2 is 2.17 bits per heavy atom. The minimum atomic E-state index is -0.839. The maximum atomic E-state index is 12.4. The van der Waals surface area contributed by atoms with Crippen LogP contribution in [0.1, 0.15) is 33.3 Å². The van der Waals surface area contributed by atoms with Gasteiger partial charge in [-0.2, -0.15) is 0 Å². The molecule has 128 valence electrons. The second kappa shape index (κ2) is 7.81. The molecule has 1 aromatic rings. The summed E-state index contributed by atoms with van der Waals surface area (Å²) in [5.41, 5.74) is 0.998. The van der Waals surface area contributed by atoms with Crippen LogP contribution in [0.25, 0.3) is 0 Å². The second-order valence-electron chi connectivity index (χ2n) is 6.20. The molecule has 2 amide bonds. The number of benzene rings is 1. The Kier molecular flexibility index (Phi) is 6.04. The van der Waals surface area contributed by atoms with Crippen molar-refractivity contribution in [2.75, 3.05) is 12.3 Å². The first-order valence-electron chi connectivity index (χ1n) is 8.05. The van der Waals surface area contributed by atoms with Crippen LogP contribution in [0.2, 0.25) is 0 Å². The van der Waals surface area contributed by atoms with Gasteiger partial charge in [0.05, 0.1) is 11.4 Å². The zero-order valence-corrected chi connectivity index (χ0v) is 15.1. The molecule has 6 heteroatoms. The molecule has 0 bridgehead atoms. The molecule has 0 aliphatic carbocycles. The number of rotatable bonds is 4. The minimum absolute atomic E-state index is 0.0114. The molecule has 0 radical (unpaired) electrons. The number of carbonyl (C=O) groups excluding carboxylic acids is 1. The van der Waals surface area contributed by atoms with E-state index in [1.807, 2.05) is 52.0 Å². The number of ether oxygens (including phenoxy) is 1. The summed E-state index contributed by atoms with van der Waals surface area (Å²) in [6.45, 7) is 8.86. The highest BCUT2D eigenvalue weighted by Crippen LogP contribution is 2.17. The lowest BCUT2D eigenvalue weighted by atomic mass is 10.2. The average molecular weight is 338 g/mol. The fourth-order valence-electron chi connectivity index (χ4n) is 2.62. The summed E-state index contributed by atoms with van der Waals surface area (Å²) in [7, 11) is -0.839. The molecule has 0 aromatic heterocycles. The van der Waals surface area contributed by atoms with E-state index in [-0.39, 0.29) is 23.4 Å². The van der Waals surface area contributed by atoms with Gasteiger partial charge >= 0.3 is 6.03 Å². The molecular formula is C17H26N2O3S. The zero-order valence-electron chi connectivity index (χ0n) is 14.2. The quantitative estimate of drug-likeness (QED) is 0.918. The Hall–Kier alpha value is -1.56. The number of hydrogen-bond donors (Lipinski definition) is 1. The van der Waals surface area contributed by atoms with Crippen molar-refractivity contribution in [1.82, 2.24) is 10.2 Å². The fraction of sp³-hybridized carbons (Fsp3) is 0.588. The summed E-state index contributed by atoms with van der Waals surface area (Å²) in [5.74, 6) is 1.36. The molecule has 1 aliphatic rings. The van der Waals surface area contributed by atoms with Crippen LogP contribution in [-0.4, -0.2) is 44.8 Å². The molecule has 1 aliphatic heterocycles. The lowest BCUT2D eigenvalue weighted by Gasteiger charge is -2.37. The van der Waals surface area contributed by atoms with Gasteiger partial charge in [-0.1, -0.05) is 12.1 Å². The lowest BCUT2D eigenvalue weighted by Crippen LogP contribution is -2.55. The third-order valence-corrected chi connectivity index (χ3v) is 5.90. The van der Waals surface area contributed by atoms with E-state index in [4.69, 9.17) is 4.74 Å². The molecule has 1 aromatic carbocycles. The molecule has 3 atom stereocenters. The van der Waals surface area contributed by atoms with Crippen LogP contribution in [0, 0.1) is 0 Å². The Bertz CT molecular complexity index is 577. The van der Waals surface area contributed by atoms with Crippen LogP contribution >= 0.6 is 0 Å². The smallest absolute Gasteiger partial charge is 0.317 e. The minimum Gasteiger partial charge on any atom is -0.491 e. The number of hydrogen-bond acceptors (Lipinski definition) is 3. The van der Waals surface area contributed by atoms with E-state index >= 15 is 0 Å². The summed E-state index contributed by atoms with van der Waals surface area (Å²) in [5, 5.41) is 2.96. The Morgan fingerprint density at radius 1 is 1.43 bits per heavy atom. The van der Waals surface area contributed by atoms with Gasteiger partial charge in [0.25, 0.3) is 0 Å². The molecule has 1 heterocycles. The van der Waals surface area contributed by atoms with Gasteiger partial charge in [-0.05, 0) is 45.4 Å². The lowest BCUT2D eigenvalue weighted by molar-refractivity contribution is 0.179. The van der Waals surface area contributed by atoms with Crippen LogP contribution in [0.15, 0.2) is 24.3 Å². The van der Waals surface area contributed by atoms with Gasteiger partial charge in [0, 0.05) is 35.7 Å². The van der Waals surface area contributed by atoms with Crippen LogP contribution < -0.4 is 10.1 Å². The third-order valence-electron chi connectivity index (χ3n) is 4.09. The highest BCUT2D eigenvalue weighted by atomic mass is 32.2. The maximum Gasteiger partial charge on any atom is 0.317 e. The largest absolute Gasteiger partial charge is 0.491 e. The van der Waals surface area contributed by atoms with Crippen LogP contribution in [0.4, 0.5) is 4.79 Å². The SMILES string of the molecule is CC(C)Oc1cccc(CNC(=O)N2CC[S@](=O)[C@@H](C)[C@H]2C)c1. The number of nitrogens with one attached hydrogen (secondary N) is 1. The molecule has 0 unspecified atom stereocenters. The van der Waals surface area contributed by atoms with E-state index in [0.717, 1.165) is 11.3 Å².